The smallest absolute Gasteiger partial charge is 0.265 e. The van der Waals surface area contributed by atoms with Crippen molar-refractivity contribution < 1.29 is 9.53 Å². The van der Waals surface area contributed by atoms with Gasteiger partial charge in [-0.1, -0.05) is 28.8 Å². The molecule has 0 saturated heterocycles. The molecule has 18 heavy (non-hydrogen) atoms. The van der Waals surface area contributed by atoms with Crippen molar-refractivity contribution in [1.29, 1.82) is 0 Å². The average Bonchev–Trinajstić information content (AvgIpc) is 2.86. The monoisotopic (exact) mass is 309 g/mol. The van der Waals surface area contributed by atoms with Gasteiger partial charge in [0.1, 0.15) is 5.75 Å². The minimum atomic E-state index is 0.0764. The van der Waals surface area contributed by atoms with Crippen molar-refractivity contribution in [2.24, 2.45) is 5.92 Å². The van der Waals surface area contributed by atoms with Crippen LogP contribution in [0.4, 0.5) is 5.69 Å². The standard InChI is InChI=1S/C14H16BrNO2/c15-11-5-6-13-12(7-11)16(14(17)9-18-13)8-10-3-1-2-4-10/h5-7,10H,1-4,8-9H2. The Hall–Kier alpha value is -1.03. The molecule has 1 aliphatic heterocycles. The van der Waals surface area contributed by atoms with Crippen LogP contribution < -0.4 is 9.64 Å². The highest BCUT2D eigenvalue weighted by Gasteiger charge is 2.28. The number of halogens is 1. The molecule has 0 N–H and O–H groups in total. The van der Waals surface area contributed by atoms with Crippen LogP contribution >= 0.6 is 15.9 Å². The first-order chi connectivity index (χ1) is 8.74. The average molecular weight is 310 g/mol. The van der Waals surface area contributed by atoms with Crippen LogP contribution in [0, 0.1) is 5.92 Å². The molecule has 0 unspecified atom stereocenters. The SMILES string of the molecule is O=C1COc2ccc(Br)cc2N1CC1CCCC1. The van der Waals surface area contributed by atoms with Crippen molar-refractivity contribution in [3.63, 3.8) is 0 Å². The Morgan fingerprint density at radius 3 is 2.89 bits per heavy atom. The van der Waals surface area contributed by atoms with Gasteiger partial charge in [0.25, 0.3) is 5.91 Å². The van der Waals surface area contributed by atoms with Crippen LogP contribution in [0.3, 0.4) is 0 Å². The van der Waals surface area contributed by atoms with E-state index >= 15 is 0 Å². The highest BCUT2D eigenvalue weighted by Crippen LogP contribution is 2.36. The first-order valence-corrected chi connectivity index (χ1v) is 7.26. The third-order valence-electron chi connectivity index (χ3n) is 3.78. The topological polar surface area (TPSA) is 29.5 Å². The van der Waals surface area contributed by atoms with Gasteiger partial charge in [0, 0.05) is 11.0 Å². The molecule has 1 saturated carbocycles. The van der Waals surface area contributed by atoms with Gasteiger partial charge in [0.2, 0.25) is 0 Å². The maximum atomic E-state index is 12.0. The zero-order valence-corrected chi connectivity index (χ0v) is 11.8. The number of nitrogens with zero attached hydrogens (tertiary/aromatic N) is 1. The molecule has 0 bridgehead atoms. The molecule has 1 amide bonds. The molecule has 4 heteroatoms. The number of amides is 1. The molecule has 0 spiro atoms. The maximum absolute atomic E-state index is 12.0. The molecular formula is C14H16BrNO2. The zero-order chi connectivity index (χ0) is 12.5. The fourth-order valence-corrected chi connectivity index (χ4v) is 3.18. The normalized spacial score (nSPS) is 19.8. The largest absolute Gasteiger partial charge is 0.482 e. The van der Waals surface area contributed by atoms with E-state index in [0.29, 0.717) is 5.92 Å². The molecule has 0 aromatic heterocycles. The molecule has 0 radical (unpaired) electrons. The Balaban J connectivity index is 1.88. The number of fused-ring (bicyclic) bond motifs is 1. The first-order valence-electron chi connectivity index (χ1n) is 6.47. The Kier molecular flexibility index (Phi) is 3.29. The third kappa shape index (κ3) is 2.26. The minimum absolute atomic E-state index is 0.0764. The summed E-state index contributed by atoms with van der Waals surface area (Å²) in [7, 11) is 0. The first kappa shape index (κ1) is 12.0. The number of rotatable bonds is 2. The molecule has 1 aromatic rings. The molecule has 1 heterocycles. The van der Waals surface area contributed by atoms with E-state index in [4.69, 9.17) is 4.74 Å². The predicted molar refractivity (Wildman–Crippen MR) is 73.9 cm³/mol. The van der Waals surface area contributed by atoms with Crippen molar-refractivity contribution in [1.82, 2.24) is 0 Å². The van der Waals surface area contributed by atoms with Crippen molar-refractivity contribution >= 4 is 27.5 Å². The van der Waals surface area contributed by atoms with Gasteiger partial charge in [-0.05, 0) is 37.0 Å². The summed E-state index contributed by atoms with van der Waals surface area (Å²) in [6.07, 6.45) is 5.09. The van der Waals surface area contributed by atoms with Gasteiger partial charge in [0.05, 0.1) is 5.69 Å². The molecule has 1 aliphatic carbocycles. The van der Waals surface area contributed by atoms with Gasteiger partial charge >= 0.3 is 0 Å². The van der Waals surface area contributed by atoms with Gasteiger partial charge in [-0.25, -0.2) is 0 Å². The number of benzene rings is 1. The molecular weight excluding hydrogens is 294 g/mol. The summed E-state index contributed by atoms with van der Waals surface area (Å²) in [6.45, 7) is 1.01. The van der Waals surface area contributed by atoms with E-state index in [9.17, 15) is 4.79 Å². The minimum Gasteiger partial charge on any atom is -0.482 e. The lowest BCUT2D eigenvalue weighted by atomic mass is 10.1. The van der Waals surface area contributed by atoms with Gasteiger partial charge < -0.3 is 9.64 Å². The van der Waals surface area contributed by atoms with Gasteiger partial charge in [0.15, 0.2) is 6.61 Å². The van der Waals surface area contributed by atoms with Crippen LogP contribution in [0.15, 0.2) is 22.7 Å². The number of carbonyl (C=O) groups excluding carboxylic acids is 1. The number of anilines is 1. The van der Waals surface area contributed by atoms with E-state index in [0.717, 1.165) is 22.5 Å². The molecule has 2 aliphatic rings. The summed E-state index contributed by atoms with van der Waals surface area (Å²) in [5.41, 5.74) is 0.910. The Labute approximate surface area is 115 Å². The van der Waals surface area contributed by atoms with Gasteiger partial charge in [-0.15, -0.1) is 0 Å². The summed E-state index contributed by atoms with van der Waals surface area (Å²) >= 11 is 3.46. The van der Waals surface area contributed by atoms with Crippen molar-refractivity contribution in [2.75, 3.05) is 18.1 Å². The Bertz CT molecular complexity index is 469. The van der Waals surface area contributed by atoms with E-state index in [1.165, 1.54) is 25.7 Å². The lowest BCUT2D eigenvalue weighted by molar-refractivity contribution is -0.121. The van der Waals surface area contributed by atoms with E-state index < -0.39 is 0 Å². The van der Waals surface area contributed by atoms with Crippen molar-refractivity contribution in [3.8, 4) is 5.75 Å². The third-order valence-corrected chi connectivity index (χ3v) is 4.27. The number of hydrogen-bond donors (Lipinski definition) is 0. The second kappa shape index (κ2) is 4.92. The fourth-order valence-electron chi connectivity index (χ4n) is 2.83. The fraction of sp³-hybridized carbons (Fsp3) is 0.500. The van der Waals surface area contributed by atoms with E-state index in [1.807, 2.05) is 23.1 Å². The van der Waals surface area contributed by atoms with Crippen LogP contribution in [-0.4, -0.2) is 19.1 Å². The van der Waals surface area contributed by atoms with Crippen LogP contribution in [0.5, 0.6) is 5.75 Å². The second-order valence-electron chi connectivity index (χ2n) is 5.06. The lowest BCUT2D eigenvalue weighted by Crippen LogP contribution is -2.41. The van der Waals surface area contributed by atoms with Crippen molar-refractivity contribution in [3.05, 3.63) is 22.7 Å². The molecule has 96 valence electrons. The molecule has 1 fully saturated rings. The lowest BCUT2D eigenvalue weighted by Gasteiger charge is -2.31. The van der Waals surface area contributed by atoms with Crippen LogP contribution in [0.25, 0.3) is 0 Å². The number of ether oxygens (including phenoxy) is 1. The Morgan fingerprint density at radius 2 is 2.11 bits per heavy atom. The number of carbonyl (C=O) groups is 1. The molecule has 1 aromatic carbocycles. The maximum Gasteiger partial charge on any atom is 0.265 e. The highest BCUT2D eigenvalue weighted by atomic mass is 79.9. The summed E-state index contributed by atoms with van der Waals surface area (Å²) < 4.78 is 6.46. The summed E-state index contributed by atoms with van der Waals surface area (Å²) in [5, 5.41) is 0. The highest BCUT2D eigenvalue weighted by molar-refractivity contribution is 9.10. The van der Waals surface area contributed by atoms with Crippen LogP contribution in [-0.2, 0) is 4.79 Å². The summed E-state index contributed by atoms with van der Waals surface area (Å²) in [5.74, 6) is 1.54. The van der Waals surface area contributed by atoms with E-state index in [2.05, 4.69) is 15.9 Å². The molecule has 3 nitrogen and oxygen atoms in total. The molecule has 0 atom stereocenters. The van der Waals surface area contributed by atoms with Gasteiger partial charge in [-0.2, -0.15) is 0 Å². The van der Waals surface area contributed by atoms with Crippen LogP contribution in [0.2, 0.25) is 0 Å². The quantitative estimate of drug-likeness (QED) is 0.838. The van der Waals surface area contributed by atoms with Crippen molar-refractivity contribution in [2.45, 2.75) is 25.7 Å². The summed E-state index contributed by atoms with van der Waals surface area (Å²) in [4.78, 5) is 13.9. The number of hydrogen-bond acceptors (Lipinski definition) is 2. The Morgan fingerprint density at radius 1 is 1.33 bits per heavy atom. The molecule has 3 rings (SSSR count). The second-order valence-corrected chi connectivity index (χ2v) is 5.97. The predicted octanol–water partition coefficient (Wildman–Crippen LogP) is 3.36. The van der Waals surface area contributed by atoms with Crippen LogP contribution in [0.1, 0.15) is 25.7 Å². The van der Waals surface area contributed by atoms with E-state index in [1.54, 1.807) is 0 Å². The van der Waals surface area contributed by atoms with E-state index in [-0.39, 0.29) is 12.5 Å². The zero-order valence-electron chi connectivity index (χ0n) is 10.2. The van der Waals surface area contributed by atoms with Gasteiger partial charge in [-0.3, -0.25) is 4.79 Å². The summed E-state index contributed by atoms with van der Waals surface area (Å²) in [6, 6.07) is 5.84.